The molecule has 1 heterocycles. The highest BCUT2D eigenvalue weighted by Gasteiger charge is 2.29. The summed E-state index contributed by atoms with van der Waals surface area (Å²) in [6.07, 6.45) is 4.27. The molecule has 2 N–H and O–H groups in total. The van der Waals surface area contributed by atoms with Crippen molar-refractivity contribution < 1.29 is 18.9 Å². The number of carbonyl (C=O) groups is 2. The van der Waals surface area contributed by atoms with Gasteiger partial charge in [-0.15, -0.1) is 0 Å². The highest BCUT2D eigenvalue weighted by molar-refractivity contribution is 5.94. The summed E-state index contributed by atoms with van der Waals surface area (Å²) in [5.41, 5.74) is 5.76. The molecule has 0 bridgehead atoms. The van der Waals surface area contributed by atoms with Gasteiger partial charge in [-0.25, -0.2) is 5.43 Å². The van der Waals surface area contributed by atoms with E-state index >= 15 is 0 Å². The second-order valence-corrected chi connectivity index (χ2v) is 9.27. The lowest BCUT2D eigenvalue weighted by Gasteiger charge is -2.24. The summed E-state index contributed by atoms with van der Waals surface area (Å²) in [5, 5.41) is 18.1. The van der Waals surface area contributed by atoms with Gasteiger partial charge in [0.25, 0.3) is 11.6 Å². The fraction of sp³-hybridized carbons (Fsp3) is 0.167. The van der Waals surface area contributed by atoms with Gasteiger partial charge in [0.2, 0.25) is 5.91 Å². The Bertz CT molecular complexity index is 1430. The van der Waals surface area contributed by atoms with Gasteiger partial charge in [-0.3, -0.25) is 19.7 Å². The van der Waals surface area contributed by atoms with Crippen LogP contribution < -0.4 is 10.7 Å². The number of amides is 2. The number of hydrazone groups is 1. The molecule has 1 atom stereocenters. The second kappa shape index (κ2) is 12.5. The van der Waals surface area contributed by atoms with Crippen LogP contribution in [0.2, 0.25) is 0 Å². The van der Waals surface area contributed by atoms with Crippen LogP contribution in [0.25, 0.3) is 11.1 Å². The molecule has 9 heteroatoms. The molecule has 198 valence electrons. The number of nitro groups is 1. The Kier molecular flexibility index (Phi) is 8.63. The molecule has 9 nitrogen and oxygen atoms in total. The monoisotopic (exact) mass is 524 g/mol. The molecule has 4 rings (SSSR count). The maximum absolute atomic E-state index is 13.5. The van der Waals surface area contributed by atoms with Crippen LogP contribution in [-0.4, -0.2) is 29.0 Å². The van der Waals surface area contributed by atoms with Crippen molar-refractivity contribution >= 4 is 23.7 Å². The molecule has 0 spiro atoms. The summed E-state index contributed by atoms with van der Waals surface area (Å²) in [6, 6.07) is 24.1. The number of hydrogen-bond donors (Lipinski definition) is 2. The third kappa shape index (κ3) is 6.64. The summed E-state index contributed by atoms with van der Waals surface area (Å²) >= 11 is 0. The number of hydrogen-bond acceptors (Lipinski definition) is 6. The van der Waals surface area contributed by atoms with Crippen LogP contribution in [0.5, 0.6) is 0 Å². The van der Waals surface area contributed by atoms with Crippen LogP contribution in [0.4, 0.5) is 5.69 Å². The molecule has 0 saturated carbocycles. The standard InChI is InChI=1S/C30H28N4O5/c1-20(2)28(32-29(35)27(21-10-5-3-6-11-21)22-12-7-4-8-13-22)30(36)33-31-17-24-18-39-19-26(24)23-14-9-15-25(16-23)34(37)38/h3-20,27-28H,1-2H3,(H,32,35)(H,33,36)/b31-17+/t28-/m1/s1. The normalized spacial score (nSPS) is 12.0. The molecular formula is C30H28N4O5. The predicted octanol–water partition coefficient (Wildman–Crippen LogP) is 5.28. The van der Waals surface area contributed by atoms with E-state index in [1.54, 1.807) is 12.1 Å². The lowest BCUT2D eigenvalue weighted by molar-refractivity contribution is -0.384. The minimum absolute atomic E-state index is 0.0512. The molecule has 0 aliphatic rings. The molecule has 0 aliphatic heterocycles. The van der Waals surface area contributed by atoms with Crippen molar-refractivity contribution in [3.63, 3.8) is 0 Å². The van der Waals surface area contributed by atoms with E-state index in [0.29, 0.717) is 16.7 Å². The van der Waals surface area contributed by atoms with Crippen LogP contribution in [0.3, 0.4) is 0 Å². The first kappa shape index (κ1) is 27.0. The van der Waals surface area contributed by atoms with Crippen LogP contribution >= 0.6 is 0 Å². The van der Waals surface area contributed by atoms with Crippen molar-refractivity contribution in [3.8, 4) is 11.1 Å². The van der Waals surface area contributed by atoms with Crippen LogP contribution in [0.15, 0.2) is 107 Å². The van der Waals surface area contributed by atoms with E-state index in [-0.39, 0.29) is 17.5 Å². The fourth-order valence-corrected chi connectivity index (χ4v) is 4.22. The molecule has 2 amide bonds. The van der Waals surface area contributed by atoms with E-state index in [2.05, 4.69) is 15.8 Å². The third-order valence-corrected chi connectivity index (χ3v) is 6.21. The first-order chi connectivity index (χ1) is 18.8. The maximum Gasteiger partial charge on any atom is 0.270 e. The molecule has 0 saturated heterocycles. The zero-order chi connectivity index (χ0) is 27.8. The zero-order valence-electron chi connectivity index (χ0n) is 21.5. The predicted molar refractivity (Wildman–Crippen MR) is 148 cm³/mol. The van der Waals surface area contributed by atoms with Crippen molar-refractivity contribution in [2.45, 2.75) is 25.8 Å². The number of non-ortho nitro benzene ring substituents is 1. The molecule has 4 aromatic rings. The van der Waals surface area contributed by atoms with Crippen LogP contribution in [-0.2, 0) is 9.59 Å². The van der Waals surface area contributed by atoms with E-state index in [4.69, 9.17) is 4.42 Å². The van der Waals surface area contributed by atoms with Crippen molar-refractivity contribution in [2.75, 3.05) is 0 Å². The Morgan fingerprint density at radius 1 is 0.897 bits per heavy atom. The molecule has 3 aromatic carbocycles. The number of furan rings is 1. The second-order valence-electron chi connectivity index (χ2n) is 9.27. The summed E-state index contributed by atoms with van der Waals surface area (Å²) in [7, 11) is 0. The quantitative estimate of drug-likeness (QED) is 0.166. The molecular weight excluding hydrogens is 496 g/mol. The van der Waals surface area contributed by atoms with Gasteiger partial charge < -0.3 is 9.73 Å². The average Bonchev–Trinajstić information content (AvgIpc) is 3.41. The lowest BCUT2D eigenvalue weighted by Crippen LogP contribution is -2.50. The van der Waals surface area contributed by atoms with Gasteiger partial charge in [0.1, 0.15) is 6.04 Å². The SMILES string of the molecule is CC(C)[C@@H](NC(=O)C(c1ccccc1)c1ccccc1)C(=O)N/N=C/c1cocc1-c1cccc([N+](=O)[O-])c1. The summed E-state index contributed by atoms with van der Waals surface area (Å²) in [4.78, 5) is 37.2. The molecule has 1 aromatic heterocycles. The summed E-state index contributed by atoms with van der Waals surface area (Å²) in [6.45, 7) is 3.68. The molecule has 0 fully saturated rings. The maximum atomic E-state index is 13.5. The van der Waals surface area contributed by atoms with Gasteiger partial charge in [-0.1, -0.05) is 86.6 Å². The Morgan fingerprint density at radius 3 is 2.13 bits per heavy atom. The Balaban J connectivity index is 1.49. The van der Waals surface area contributed by atoms with Crippen molar-refractivity contribution in [3.05, 3.63) is 124 Å². The molecule has 0 unspecified atom stereocenters. The van der Waals surface area contributed by atoms with E-state index in [0.717, 1.165) is 11.1 Å². The van der Waals surface area contributed by atoms with Crippen LogP contribution in [0, 0.1) is 16.0 Å². The van der Waals surface area contributed by atoms with Gasteiger partial charge in [0.15, 0.2) is 0 Å². The molecule has 0 radical (unpaired) electrons. The van der Waals surface area contributed by atoms with Crippen LogP contribution in [0.1, 0.15) is 36.5 Å². The minimum atomic E-state index is -0.842. The van der Waals surface area contributed by atoms with E-state index in [1.807, 2.05) is 74.5 Å². The topological polar surface area (TPSA) is 127 Å². The lowest BCUT2D eigenvalue weighted by atomic mass is 9.89. The molecule has 39 heavy (non-hydrogen) atoms. The average molecular weight is 525 g/mol. The first-order valence-corrected chi connectivity index (χ1v) is 12.4. The number of rotatable bonds is 10. The van der Waals surface area contributed by atoms with Crippen molar-refractivity contribution in [1.29, 1.82) is 0 Å². The largest absolute Gasteiger partial charge is 0.471 e. The third-order valence-electron chi connectivity index (χ3n) is 6.21. The number of nitrogens with one attached hydrogen (secondary N) is 2. The summed E-state index contributed by atoms with van der Waals surface area (Å²) in [5.74, 6) is -1.58. The van der Waals surface area contributed by atoms with Gasteiger partial charge >= 0.3 is 0 Å². The minimum Gasteiger partial charge on any atom is -0.471 e. The Labute approximate surface area is 225 Å². The fourth-order valence-electron chi connectivity index (χ4n) is 4.22. The van der Waals surface area contributed by atoms with Gasteiger partial charge in [0, 0.05) is 23.3 Å². The molecule has 0 aliphatic carbocycles. The van der Waals surface area contributed by atoms with E-state index in [1.165, 1.54) is 30.9 Å². The first-order valence-electron chi connectivity index (χ1n) is 12.4. The van der Waals surface area contributed by atoms with E-state index in [9.17, 15) is 19.7 Å². The Morgan fingerprint density at radius 2 is 1.54 bits per heavy atom. The Hall–Kier alpha value is -5.05. The summed E-state index contributed by atoms with van der Waals surface area (Å²) < 4.78 is 5.28. The van der Waals surface area contributed by atoms with Crippen molar-refractivity contribution in [2.24, 2.45) is 11.0 Å². The highest BCUT2D eigenvalue weighted by Crippen LogP contribution is 2.27. The number of nitrogens with zero attached hydrogens (tertiary/aromatic N) is 2. The van der Waals surface area contributed by atoms with Gasteiger partial charge in [0.05, 0.1) is 29.6 Å². The number of carbonyl (C=O) groups excluding carboxylic acids is 2. The van der Waals surface area contributed by atoms with Gasteiger partial charge in [-0.05, 0) is 22.6 Å². The van der Waals surface area contributed by atoms with Gasteiger partial charge in [-0.2, -0.15) is 5.10 Å². The number of benzene rings is 3. The smallest absolute Gasteiger partial charge is 0.270 e. The van der Waals surface area contributed by atoms with E-state index < -0.39 is 22.8 Å². The zero-order valence-corrected chi connectivity index (χ0v) is 21.5. The highest BCUT2D eigenvalue weighted by atomic mass is 16.6. The number of nitro benzene ring substituents is 1. The van der Waals surface area contributed by atoms with Crippen molar-refractivity contribution in [1.82, 2.24) is 10.7 Å².